The van der Waals surface area contributed by atoms with E-state index in [1.54, 1.807) is 24.3 Å². The molecular weight excluding hydrogens is 257 g/mol. The molecule has 18 heavy (non-hydrogen) atoms. The Kier molecular flexibility index (Phi) is 3.96. The standard InChI is InChI=1S/C12H11ClFN3O/c13-10-4-5-12(17-15)16-11(10)7-18-9-3-1-2-8(14)6-9/h1-6H,7,15H2,(H,16,17). The van der Waals surface area contributed by atoms with Gasteiger partial charge in [-0.2, -0.15) is 0 Å². The van der Waals surface area contributed by atoms with Crippen LogP contribution in [0.15, 0.2) is 36.4 Å². The largest absolute Gasteiger partial charge is 0.487 e. The van der Waals surface area contributed by atoms with Crippen LogP contribution in [0.1, 0.15) is 5.69 Å². The second-order valence-electron chi connectivity index (χ2n) is 3.52. The van der Waals surface area contributed by atoms with Gasteiger partial charge in [0.05, 0.1) is 10.7 Å². The number of hydrazine groups is 1. The van der Waals surface area contributed by atoms with Gasteiger partial charge in [-0.1, -0.05) is 17.7 Å². The molecule has 0 bridgehead atoms. The number of ether oxygens (including phenoxy) is 1. The van der Waals surface area contributed by atoms with Crippen LogP contribution < -0.4 is 16.0 Å². The molecule has 0 unspecified atom stereocenters. The van der Waals surface area contributed by atoms with E-state index in [1.165, 1.54) is 12.1 Å². The van der Waals surface area contributed by atoms with Crippen molar-refractivity contribution in [1.29, 1.82) is 0 Å². The summed E-state index contributed by atoms with van der Waals surface area (Å²) in [5.41, 5.74) is 2.94. The van der Waals surface area contributed by atoms with Crippen LogP contribution in [0.25, 0.3) is 0 Å². The molecule has 0 fully saturated rings. The van der Waals surface area contributed by atoms with Crippen LogP contribution in [0.5, 0.6) is 5.75 Å². The maximum atomic E-state index is 12.9. The van der Waals surface area contributed by atoms with Crippen molar-refractivity contribution < 1.29 is 9.13 Å². The van der Waals surface area contributed by atoms with E-state index in [-0.39, 0.29) is 12.4 Å². The predicted molar refractivity (Wildman–Crippen MR) is 67.8 cm³/mol. The lowest BCUT2D eigenvalue weighted by molar-refractivity contribution is 0.300. The second kappa shape index (κ2) is 5.66. The van der Waals surface area contributed by atoms with Crippen LogP contribution in [0, 0.1) is 5.82 Å². The number of nitrogen functional groups attached to an aromatic ring is 1. The highest BCUT2D eigenvalue weighted by Crippen LogP contribution is 2.19. The number of nitrogens with two attached hydrogens (primary N) is 1. The fraction of sp³-hybridized carbons (Fsp3) is 0.0833. The van der Waals surface area contributed by atoms with Gasteiger partial charge in [-0.25, -0.2) is 15.2 Å². The number of nitrogens with one attached hydrogen (secondary N) is 1. The van der Waals surface area contributed by atoms with Gasteiger partial charge in [0.25, 0.3) is 0 Å². The number of halogens is 2. The Hall–Kier alpha value is -1.85. The molecular formula is C12H11ClFN3O. The lowest BCUT2D eigenvalue weighted by Gasteiger charge is -2.08. The van der Waals surface area contributed by atoms with Crippen molar-refractivity contribution >= 4 is 17.4 Å². The van der Waals surface area contributed by atoms with Crippen LogP contribution in [0.2, 0.25) is 5.02 Å². The molecule has 0 saturated carbocycles. The van der Waals surface area contributed by atoms with E-state index < -0.39 is 0 Å². The molecule has 3 N–H and O–H groups in total. The SMILES string of the molecule is NNc1ccc(Cl)c(COc2cccc(F)c2)n1. The Bertz CT molecular complexity index is 551. The molecule has 2 rings (SSSR count). The van der Waals surface area contributed by atoms with E-state index in [1.807, 2.05) is 0 Å². The monoisotopic (exact) mass is 267 g/mol. The van der Waals surface area contributed by atoms with Gasteiger partial charge in [-0.15, -0.1) is 0 Å². The molecule has 0 aliphatic carbocycles. The van der Waals surface area contributed by atoms with Gasteiger partial charge in [-0.3, -0.25) is 0 Å². The van der Waals surface area contributed by atoms with Crippen LogP contribution >= 0.6 is 11.6 Å². The molecule has 0 aliphatic rings. The molecule has 1 aromatic carbocycles. The average Bonchev–Trinajstić information content (AvgIpc) is 2.38. The van der Waals surface area contributed by atoms with Crippen molar-refractivity contribution in [3.05, 3.63) is 52.9 Å². The van der Waals surface area contributed by atoms with E-state index in [0.29, 0.717) is 22.3 Å². The summed E-state index contributed by atoms with van der Waals surface area (Å²) in [4.78, 5) is 4.14. The average molecular weight is 268 g/mol. The zero-order valence-corrected chi connectivity index (χ0v) is 10.1. The summed E-state index contributed by atoms with van der Waals surface area (Å²) in [5, 5.41) is 0.463. The zero-order valence-electron chi connectivity index (χ0n) is 9.36. The lowest BCUT2D eigenvalue weighted by atomic mass is 10.3. The normalized spacial score (nSPS) is 10.2. The molecule has 94 valence electrons. The number of hydrogen-bond acceptors (Lipinski definition) is 4. The highest BCUT2D eigenvalue weighted by molar-refractivity contribution is 6.31. The van der Waals surface area contributed by atoms with Crippen molar-refractivity contribution in [3.63, 3.8) is 0 Å². The minimum Gasteiger partial charge on any atom is -0.487 e. The smallest absolute Gasteiger partial charge is 0.140 e. The number of anilines is 1. The van der Waals surface area contributed by atoms with Crippen molar-refractivity contribution in [2.45, 2.75) is 6.61 Å². The number of pyridine rings is 1. The number of benzene rings is 1. The van der Waals surface area contributed by atoms with E-state index >= 15 is 0 Å². The summed E-state index contributed by atoms with van der Waals surface area (Å²) in [6, 6.07) is 9.16. The van der Waals surface area contributed by atoms with Crippen molar-refractivity contribution in [1.82, 2.24) is 4.98 Å². The number of nitrogens with zero attached hydrogens (tertiary/aromatic N) is 1. The van der Waals surface area contributed by atoms with Gasteiger partial charge in [-0.05, 0) is 24.3 Å². The predicted octanol–water partition coefficient (Wildman–Crippen LogP) is 2.74. The fourth-order valence-electron chi connectivity index (χ4n) is 1.37. The van der Waals surface area contributed by atoms with Crippen molar-refractivity contribution in [2.24, 2.45) is 5.84 Å². The quantitative estimate of drug-likeness (QED) is 0.661. The summed E-state index contributed by atoms with van der Waals surface area (Å²) in [5.74, 6) is 5.79. The lowest BCUT2D eigenvalue weighted by Crippen LogP contribution is -2.10. The minimum atomic E-state index is -0.357. The van der Waals surface area contributed by atoms with Crippen LogP contribution in [0.3, 0.4) is 0 Å². The number of aromatic nitrogens is 1. The molecule has 4 nitrogen and oxygen atoms in total. The Balaban J connectivity index is 2.10. The van der Waals surface area contributed by atoms with Crippen molar-refractivity contribution in [3.8, 4) is 5.75 Å². The molecule has 0 amide bonds. The van der Waals surface area contributed by atoms with E-state index in [4.69, 9.17) is 22.2 Å². The third-order valence-electron chi connectivity index (χ3n) is 2.24. The minimum absolute atomic E-state index is 0.137. The summed E-state index contributed by atoms with van der Waals surface area (Å²) in [6.45, 7) is 0.137. The summed E-state index contributed by atoms with van der Waals surface area (Å²) >= 11 is 5.97. The third-order valence-corrected chi connectivity index (χ3v) is 2.58. The molecule has 0 aliphatic heterocycles. The highest BCUT2D eigenvalue weighted by atomic mass is 35.5. The Morgan fingerprint density at radius 3 is 2.89 bits per heavy atom. The number of hydrogen-bond donors (Lipinski definition) is 2. The first-order valence-electron chi connectivity index (χ1n) is 5.19. The van der Waals surface area contributed by atoms with Gasteiger partial charge in [0.2, 0.25) is 0 Å². The highest BCUT2D eigenvalue weighted by Gasteiger charge is 2.05. The molecule has 0 spiro atoms. The van der Waals surface area contributed by atoms with Crippen LogP contribution in [-0.4, -0.2) is 4.98 Å². The maximum Gasteiger partial charge on any atom is 0.140 e. The summed E-state index contributed by atoms with van der Waals surface area (Å²) < 4.78 is 18.3. The summed E-state index contributed by atoms with van der Waals surface area (Å²) in [7, 11) is 0. The Morgan fingerprint density at radius 1 is 1.33 bits per heavy atom. The molecule has 0 saturated heterocycles. The first kappa shape index (κ1) is 12.6. The molecule has 0 atom stereocenters. The van der Waals surface area contributed by atoms with Gasteiger partial charge < -0.3 is 10.2 Å². The first-order chi connectivity index (χ1) is 8.69. The Morgan fingerprint density at radius 2 is 2.17 bits per heavy atom. The van der Waals surface area contributed by atoms with Gasteiger partial charge in [0.1, 0.15) is 24.0 Å². The van der Waals surface area contributed by atoms with Gasteiger partial charge >= 0.3 is 0 Å². The number of rotatable bonds is 4. The second-order valence-corrected chi connectivity index (χ2v) is 3.92. The Labute approximate surface area is 109 Å². The third kappa shape index (κ3) is 3.09. The topological polar surface area (TPSA) is 60.2 Å². The molecule has 0 radical (unpaired) electrons. The zero-order chi connectivity index (χ0) is 13.0. The maximum absolute atomic E-state index is 12.9. The molecule has 1 aromatic heterocycles. The molecule has 6 heteroatoms. The first-order valence-corrected chi connectivity index (χ1v) is 5.57. The van der Waals surface area contributed by atoms with Gasteiger partial charge in [0, 0.05) is 6.07 Å². The van der Waals surface area contributed by atoms with Gasteiger partial charge in [0.15, 0.2) is 0 Å². The van der Waals surface area contributed by atoms with Crippen molar-refractivity contribution in [2.75, 3.05) is 5.43 Å². The van der Waals surface area contributed by atoms with E-state index in [9.17, 15) is 4.39 Å². The summed E-state index contributed by atoms with van der Waals surface area (Å²) in [6.07, 6.45) is 0. The molecule has 1 heterocycles. The fourth-order valence-corrected chi connectivity index (χ4v) is 1.53. The van der Waals surface area contributed by atoms with Crippen LogP contribution in [-0.2, 0) is 6.61 Å². The van der Waals surface area contributed by atoms with E-state index in [0.717, 1.165) is 0 Å². The van der Waals surface area contributed by atoms with E-state index in [2.05, 4.69) is 10.4 Å². The molecule has 2 aromatic rings. The van der Waals surface area contributed by atoms with Crippen LogP contribution in [0.4, 0.5) is 10.2 Å².